The normalized spacial score (nSPS) is 12.2. The molecule has 236 valence electrons. The van der Waals surface area contributed by atoms with Crippen LogP contribution in [0.2, 0.25) is 33.2 Å². The maximum atomic E-state index is 8.70. The highest BCUT2D eigenvalue weighted by atomic mass is 79.9. The number of nitrogens with two attached hydrogens (primary N) is 2. The molecule has 0 saturated heterocycles. The lowest BCUT2D eigenvalue weighted by Gasteiger charge is -2.42. The number of pyridine rings is 2. The standard InChI is InChI=1S/C15H27BrN2OSi.C9H21ClSi.C6H7BrN2O/c1-10(2)20(11(3)4,12(5)6)19-9-13-7-14(16)8-18-15(13)17;1-7(2)11(10,8(3)4)9(5)6;7-5-1-4(3-10)6(8)9-2-5/h7-8,10-12H,9H2,1-6H3,(H2,17,18);7-9H,1-6H3;1-2,10H,3H2,(H2,8,9). The lowest BCUT2D eigenvalue weighted by Crippen LogP contribution is -2.47. The molecule has 0 radical (unpaired) electrons. The van der Waals surface area contributed by atoms with Crippen LogP contribution in [-0.2, 0) is 17.6 Å². The van der Waals surface area contributed by atoms with E-state index in [0.29, 0.717) is 57.1 Å². The third-order valence-corrected chi connectivity index (χ3v) is 24.1. The largest absolute Gasteiger partial charge is 0.412 e. The van der Waals surface area contributed by atoms with Crippen LogP contribution >= 0.6 is 42.9 Å². The monoisotopic (exact) mass is 752 g/mol. The number of aliphatic hydroxyl groups excluding tert-OH is 1. The highest BCUT2D eigenvalue weighted by Crippen LogP contribution is 2.44. The first-order chi connectivity index (χ1) is 18.8. The minimum Gasteiger partial charge on any atom is -0.412 e. The van der Waals surface area contributed by atoms with Crippen LogP contribution in [0.5, 0.6) is 0 Å². The fourth-order valence-electron chi connectivity index (χ4n) is 5.93. The molecule has 41 heavy (non-hydrogen) atoms. The highest BCUT2D eigenvalue weighted by molar-refractivity contribution is 9.10. The molecule has 2 heterocycles. The number of aromatic nitrogens is 2. The molecule has 0 fully saturated rings. The predicted octanol–water partition coefficient (Wildman–Crippen LogP) is 10.4. The third-order valence-electron chi connectivity index (χ3n) is 7.95. The van der Waals surface area contributed by atoms with Crippen molar-refractivity contribution in [3.8, 4) is 0 Å². The number of nitrogen functional groups attached to an aromatic ring is 2. The predicted molar refractivity (Wildman–Crippen MR) is 191 cm³/mol. The van der Waals surface area contributed by atoms with Crippen LogP contribution in [0.4, 0.5) is 11.6 Å². The van der Waals surface area contributed by atoms with Gasteiger partial charge in [0.05, 0.1) is 13.2 Å². The van der Waals surface area contributed by atoms with Crippen molar-refractivity contribution < 1.29 is 9.53 Å². The number of hydrogen-bond acceptors (Lipinski definition) is 6. The Balaban J connectivity index is 0.000000643. The van der Waals surface area contributed by atoms with Crippen molar-refractivity contribution in [2.24, 2.45) is 0 Å². The summed E-state index contributed by atoms with van der Waals surface area (Å²) in [7, 11) is -3.36. The average molecular weight is 755 g/mol. The van der Waals surface area contributed by atoms with E-state index < -0.39 is 15.7 Å². The first kappa shape index (κ1) is 40.5. The van der Waals surface area contributed by atoms with Crippen molar-refractivity contribution in [1.82, 2.24) is 9.97 Å². The van der Waals surface area contributed by atoms with Crippen LogP contribution in [0, 0.1) is 0 Å². The van der Waals surface area contributed by atoms with E-state index in [1.807, 2.05) is 6.07 Å². The van der Waals surface area contributed by atoms with Crippen LogP contribution in [0.25, 0.3) is 0 Å². The molecule has 11 heteroatoms. The van der Waals surface area contributed by atoms with Gasteiger partial charge in [0.15, 0.2) is 7.38 Å². The summed E-state index contributed by atoms with van der Waals surface area (Å²) in [6.45, 7) is 27.8. The Hall–Kier alpha value is -0.496. The molecule has 0 saturated carbocycles. The van der Waals surface area contributed by atoms with E-state index in [4.69, 9.17) is 32.1 Å². The van der Waals surface area contributed by atoms with Gasteiger partial charge in [-0.3, -0.25) is 0 Å². The second kappa shape index (κ2) is 18.3. The van der Waals surface area contributed by atoms with Gasteiger partial charge in [-0.15, -0.1) is 0 Å². The van der Waals surface area contributed by atoms with E-state index in [2.05, 4.69) is 125 Å². The Kier molecular flexibility index (Phi) is 18.1. The Morgan fingerprint density at radius 3 is 1.32 bits per heavy atom. The molecule has 5 N–H and O–H groups in total. The number of aliphatic hydroxyl groups is 1. The van der Waals surface area contributed by atoms with Crippen molar-refractivity contribution in [2.45, 2.75) is 130 Å². The highest BCUT2D eigenvalue weighted by Gasteiger charge is 2.45. The molecule has 0 bridgehead atoms. The van der Waals surface area contributed by atoms with E-state index >= 15 is 0 Å². The van der Waals surface area contributed by atoms with Crippen LogP contribution < -0.4 is 11.5 Å². The molecular weight excluding hydrogens is 700 g/mol. The van der Waals surface area contributed by atoms with E-state index in [1.165, 1.54) is 0 Å². The molecule has 0 amide bonds. The lowest BCUT2D eigenvalue weighted by molar-refractivity contribution is 0.266. The summed E-state index contributed by atoms with van der Waals surface area (Å²) in [5, 5.41) is 8.70. The van der Waals surface area contributed by atoms with Crippen molar-refractivity contribution in [2.75, 3.05) is 11.5 Å². The van der Waals surface area contributed by atoms with Gasteiger partial charge in [-0.25, -0.2) is 9.97 Å². The summed E-state index contributed by atoms with van der Waals surface area (Å²) in [5.41, 5.74) is 16.7. The van der Waals surface area contributed by atoms with Gasteiger partial charge in [0, 0.05) is 32.5 Å². The molecule has 0 aliphatic carbocycles. The van der Waals surface area contributed by atoms with Gasteiger partial charge in [-0.2, -0.15) is 11.1 Å². The third kappa shape index (κ3) is 11.5. The van der Waals surface area contributed by atoms with E-state index in [9.17, 15) is 0 Å². The maximum Gasteiger partial charge on any atom is 0.200 e. The summed E-state index contributed by atoms with van der Waals surface area (Å²) in [6.07, 6.45) is 3.31. The van der Waals surface area contributed by atoms with Gasteiger partial charge in [0.25, 0.3) is 0 Å². The van der Waals surface area contributed by atoms with Gasteiger partial charge < -0.3 is 21.0 Å². The van der Waals surface area contributed by atoms with Crippen molar-refractivity contribution in [3.05, 3.63) is 44.6 Å². The first-order valence-electron chi connectivity index (χ1n) is 14.5. The summed E-state index contributed by atoms with van der Waals surface area (Å²) in [4.78, 5) is 8.00. The molecule has 0 unspecified atom stereocenters. The van der Waals surface area contributed by atoms with E-state index in [-0.39, 0.29) is 6.61 Å². The molecule has 6 nitrogen and oxygen atoms in total. The van der Waals surface area contributed by atoms with Crippen molar-refractivity contribution in [1.29, 1.82) is 0 Å². The summed E-state index contributed by atoms with van der Waals surface area (Å²) in [5.74, 6) is 0.943. The van der Waals surface area contributed by atoms with Crippen LogP contribution in [0.3, 0.4) is 0 Å². The Bertz CT molecular complexity index is 1010. The minimum absolute atomic E-state index is 0.0712. The zero-order valence-electron chi connectivity index (χ0n) is 27.2. The molecule has 0 atom stereocenters. The van der Waals surface area contributed by atoms with Crippen LogP contribution in [0.1, 0.15) is 94.2 Å². The van der Waals surface area contributed by atoms with Gasteiger partial charge in [-0.05, 0) is 77.2 Å². The SMILES string of the molecule is CC(C)[Si](Cl)(C(C)C)C(C)C.CC(C)[Si](OCc1cc(Br)cnc1N)(C(C)C)C(C)C.Nc1ncc(Br)cc1CO. The Morgan fingerprint density at radius 1 is 0.707 bits per heavy atom. The smallest absolute Gasteiger partial charge is 0.200 e. The Morgan fingerprint density at radius 2 is 1.05 bits per heavy atom. The summed E-state index contributed by atoms with van der Waals surface area (Å²) >= 11 is 13.3. The van der Waals surface area contributed by atoms with Gasteiger partial charge in [0.1, 0.15) is 11.6 Å². The van der Waals surface area contributed by atoms with E-state index in [1.54, 1.807) is 18.5 Å². The molecule has 0 aliphatic rings. The van der Waals surface area contributed by atoms with Crippen molar-refractivity contribution in [3.63, 3.8) is 0 Å². The number of anilines is 2. The quantitative estimate of drug-likeness (QED) is 0.165. The Labute approximate surface area is 273 Å². The van der Waals surface area contributed by atoms with E-state index in [0.717, 1.165) is 14.5 Å². The molecular formula is C30H55Br2ClN4O2Si2. The zero-order chi connectivity index (χ0) is 32.3. The fraction of sp³-hybridized carbons (Fsp3) is 0.667. The van der Waals surface area contributed by atoms with Gasteiger partial charge in [-0.1, -0.05) is 83.1 Å². The van der Waals surface area contributed by atoms with Gasteiger partial charge >= 0.3 is 0 Å². The maximum absolute atomic E-state index is 8.70. The summed E-state index contributed by atoms with van der Waals surface area (Å²) in [6, 6.07) is 3.74. The minimum atomic E-state index is -1.85. The molecule has 2 aromatic rings. The number of nitrogens with zero attached hydrogens (tertiary/aromatic N) is 2. The molecule has 0 aliphatic heterocycles. The fourth-order valence-corrected chi connectivity index (χ4v) is 16.1. The molecule has 2 rings (SSSR count). The van der Waals surface area contributed by atoms with Gasteiger partial charge in [0.2, 0.25) is 8.32 Å². The first-order valence-corrected chi connectivity index (χ1v) is 21.5. The average Bonchev–Trinajstić information content (AvgIpc) is 2.87. The lowest BCUT2D eigenvalue weighted by atomic mass is 10.3. The zero-order valence-corrected chi connectivity index (χ0v) is 33.2. The molecule has 2 aromatic heterocycles. The molecule has 0 spiro atoms. The topological polar surface area (TPSA) is 107 Å². The number of hydrogen-bond donors (Lipinski definition) is 3. The summed E-state index contributed by atoms with van der Waals surface area (Å²) < 4.78 is 8.30. The van der Waals surface area contributed by atoms with Crippen LogP contribution in [-0.4, -0.2) is 30.8 Å². The molecule has 0 aromatic carbocycles. The number of rotatable bonds is 10. The second-order valence-corrected chi connectivity index (χ2v) is 26.8. The second-order valence-electron chi connectivity index (χ2n) is 12.5. The number of halogens is 3. The van der Waals surface area contributed by atoms with Crippen LogP contribution in [0.15, 0.2) is 33.5 Å². The van der Waals surface area contributed by atoms with Crippen molar-refractivity contribution >= 4 is 70.3 Å².